The van der Waals surface area contributed by atoms with Crippen LogP contribution in [0.3, 0.4) is 0 Å². The molecule has 1 N–H and O–H groups in total. The van der Waals surface area contributed by atoms with Gasteiger partial charge in [0, 0.05) is 18.5 Å². The van der Waals surface area contributed by atoms with Gasteiger partial charge in [0.05, 0.1) is 8.45 Å². The second-order valence-corrected chi connectivity index (χ2v) is 7.72. The summed E-state index contributed by atoms with van der Waals surface area (Å²) in [5.74, 6) is 0.920. The molecule has 2 heterocycles. The van der Waals surface area contributed by atoms with Crippen LogP contribution in [0.15, 0.2) is 11.4 Å². The number of nitrogens with one attached hydrogen (secondary N) is 1. The molecule has 1 aromatic heterocycles. The summed E-state index contributed by atoms with van der Waals surface area (Å²) in [5, 5.41) is 4.91. The maximum atomic E-state index is 11.8. The van der Waals surface area contributed by atoms with Gasteiger partial charge in [-0.15, -0.1) is 11.3 Å². The average Bonchev–Trinajstić information content (AvgIpc) is 2.78. The molecule has 0 aromatic carbocycles. The molecule has 3 nitrogen and oxygen atoms in total. The van der Waals surface area contributed by atoms with Gasteiger partial charge in [0.25, 0.3) is 5.91 Å². The molecule has 0 atom stereocenters. The Morgan fingerprint density at radius 3 is 2.89 bits per heavy atom. The molecule has 0 saturated carbocycles. The van der Waals surface area contributed by atoms with Crippen molar-refractivity contribution in [3.63, 3.8) is 0 Å². The SMILES string of the molecule is CC1CCN(CCNC(=O)c2csc(I)c2)CC1. The van der Waals surface area contributed by atoms with Crippen LogP contribution < -0.4 is 5.32 Å². The number of hydrogen-bond acceptors (Lipinski definition) is 3. The first kappa shape index (κ1) is 14.3. The number of carbonyl (C=O) groups excluding carboxylic acids is 1. The molecule has 0 aliphatic carbocycles. The molecule has 0 radical (unpaired) electrons. The highest BCUT2D eigenvalue weighted by atomic mass is 127. The molecule has 1 aromatic rings. The van der Waals surface area contributed by atoms with E-state index >= 15 is 0 Å². The van der Waals surface area contributed by atoms with Crippen molar-refractivity contribution < 1.29 is 4.79 Å². The zero-order chi connectivity index (χ0) is 13.0. The lowest BCUT2D eigenvalue weighted by Gasteiger charge is -2.30. The number of nitrogens with zero attached hydrogens (tertiary/aromatic N) is 1. The first-order chi connectivity index (χ1) is 8.65. The number of piperidine rings is 1. The average molecular weight is 378 g/mol. The fourth-order valence-electron chi connectivity index (χ4n) is 2.14. The summed E-state index contributed by atoms with van der Waals surface area (Å²) in [7, 11) is 0. The molecule has 1 aliphatic heterocycles. The van der Waals surface area contributed by atoms with Gasteiger partial charge in [0.1, 0.15) is 0 Å². The van der Waals surface area contributed by atoms with Crippen LogP contribution in [-0.4, -0.2) is 37.0 Å². The molecule has 1 saturated heterocycles. The van der Waals surface area contributed by atoms with Crippen LogP contribution in [0.5, 0.6) is 0 Å². The van der Waals surface area contributed by atoms with Crippen molar-refractivity contribution in [1.82, 2.24) is 10.2 Å². The van der Waals surface area contributed by atoms with Crippen LogP contribution in [0, 0.1) is 8.80 Å². The van der Waals surface area contributed by atoms with Gasteiger partial charge in [0.2, 0.25) is 0 Å². The minimum Gasteiger partial charge on any atom is -0.351 e. The summed E-state index contributed by atoms with van der Waals surface area (Å²) in [6.45, 7) is 6.39. The van der Waals surface area contributed by atoms with Crippen LogP contribution in [0.25, 0.3) is 0 Å². The van der Waals surface area contributed by atoms with E-state index in [1.54, 1.807) is 11.3 Å². The zero-order valence-corrected chi connectivity index (χ0v) is 13.6. The van der Waals surface area contributed by atoms with Crippen molar-refractivity contribution in [2.75, 3.05) is 26.2 Å². The standard InChI is InChI=1S/C13H19IN2OS/c1-10-2-5-16(6-3-10)7-4-15-13(17)11-8-12(14)18-9-11/h8-10H,2-7H2,1H3,(H,15,17). The summed E-state index contributed by atoms with van der Waals surface area (Å²) >= 11 is 3.85. The highest BCUT2D eigenvalue weighted by molar-refractivity contribution is 14.1. The Labute approximate surface area is 126 Å². The second-order valence-electron chi connectivity index (χ2n) is 4.92. The Kier molecular flexibility index (Phi) is 5.44. The fraction of sp³-hybridized carbons (Fsp3) is 0.615. The first-order valence-corrected chi connectivity index (χ1v) is 8.35. The van der Waals surface area contributed by atoms with E-state index in [2.05, 4.69) is 39.7 Å². The maximum Gasteiger partial charge on any atom is 0.252 e. The quantitative estimate of drug-likeness (QED) is 0.818. The van der Waals surface area contributed by atoms with Crippen molar-refractivity contribution in [2.45, 2.75) is 19.8 Å². The third kappa shape index (κ3) is 4.20. The van der Waals surface area contributed by atoms with Gasteiger partial charge in [-0.1, -0.05) is 6.92 Å². The van der Waals surface area contributed by atoms with E-state index in [4.69, 9.17) is 0 Å². The van der Waals surface area contributed by atoms with E-state index in [0.717, 1.165) is 27.5 Å². The summed E-state index contributed by atoms with van der Waals surface area (Å²) < 4.78 is 1.16. The largest absolute Gasteiger partial charge is 0.351 e. The minimum absolute atomic E-state index is 0.0551. The molecule has 5 heteroatoms. The third-order valence-electron chi connectivity index (χ3n) is 3.42. The van der Waals surface area contributed by atoms with Gasteiger partial charge in [-0.05, 0) is 60.5 Å². The Morgan fingerprint density at radius 2 is 2.28 bits per heavy atom. The molecule has 0 spiro atoms. The van der Waals surface area contributed by atoms with Gasteiger partial charge in [-0.3, -0.25) is 4.79 Å². The number of carbonyl (C=O) groups is 1. The molecule has 100 valence electrons. The topological polar surface area (TPSA) is 32.3 Å². The van der Waals surface area contributed by atoms with E-state index in [-0.39, 0.29) is 5.91 Å². The van der Waals surface area contributed by atoms with E-state index < -0.39 is 0 Å². The summed E-state index contributed by atoms with van der Waals surface area (Å²) in [4.78, 5) is 14.3. The van der Waals surface area contributed by atoms with Crippen molar-refractivity contribution >= 4 is 39.8 Å². The highest BCUT2D eigenvalue weighted by Gasteiger charge is 2.15. The number of rotatable bonds is 4. The molecule has 1 fully saturated rings. The predicted molar refractivity (Wildman–Crippen MR) is 84.2 cm³/mol. The van der Waals surface area contributed by atoms with E-state index in [1.165, 1.54) is 25.9 Å². The van der Waals surface area contributed by atoms with Crippen molar-refractivity contribution in [3.8, 4) is 0 Å². The van der Waals surface area contributed by atoms with Gasteiger partial charge in [-0.25, -0.2) is 0 Å². The molecular formula is C13H19IN2OS. The van der Waals surface area contributed by atoms with Gasteiger partial charge in [-0.2, -0.15) is 0 Å². The summed E-state index contributed by atoms with van der Waals surface area (Å²) in [6.07, 6.45) is 2.58. The third-order valence-corrected chi connectivity index (χ3v) is 5.21. The second kappa shape index (κ2) is 6.86. The van der Waals surface area contributed by atoms with Crippen LogP contribution in [0.1, 0.15) is 30.1 Å². The van der Waals surface area contributed by atoms with Crippen LogP contribution in [0.4, 0.5) is 0 Å². The monoisotopic (exact) mass is 378 g/mol. The molecule has 0 unspecified atom stereocenters. The first-order valence-electron chi connectivity index (χ1n) is 6.40. The predicted octanol–water partition coefficient (Wildman–Crippen LogP) is 2.81. The molecule has 1 amide bonds. The lowest BCUT2D eigenvalue weighted by molar-refractivity contribution is 0.0945. The zero-order valence-electron chi connectivity index (χ0n) is 10.6. The van der Waals surface area contributed by atoms with E-state index in [0.29, 0.717) is 0 Å². The summed E-state index contributed by atoms with van der Waals surface area (Å²) in [5.41, 5.74) is 0.789. The van der Waals surface area contributed by atoms with Gasteiger partial charge >= 0.3 is 0 Å². The smallest absolute Gasteiger partial charge is 0.252 e. The van der Waals surface area contributed by atoms with Gasteiger partial charge in [0.15, 0.2) is 0 Å². The van der Waals surface area contributed by atoms with Crippen molar-refractivity contribution in [2.24, 2.45) is 5.92 Å². The van der Waals surface area contributed by atoms with Crippen LogP contribution in [-0.2, 0) is 0 Å². The van der Waals surface area contributed by atoms with Crippen molar-refractivity contribution in [3.05, 3.63) is 19.9 Å². The fourth-order valence-corrected chi connectivity index (χ4v) is 3.47. The van der Waals surface area contributed by atoms with Crippen molar-refractivity contribution in [1.29, 1.82) is 0 Å². The Morgan fingerprint density at radius 1 is 1.56 bits per heavy atom. The number of likely N-dealkylation sites (tertiary alicyclic amines) is 1. The Bertz CT molecular complexity index is 399. The lowest BCUT2D eigenvalue weighted by Crippen LogP contribution is -2.39. The number of thiophene rings is 1. The van der Waals surface area contributed by atoms with Gasteiger partial charge < -0.3 is 10.2 Å². The molecule has 0 bridgehead atoms. The summed E-state index contributed by atoms with van der Waals surface area (Å²) in [6, 6.07) is 1.93. The number of amides is 1. The molecule has 18 heavy (non-hydrogen) atoms. The minimum atomic E-state index is 0.0551. The maximum absolute atomic E-state index is 11.8. The number of halogens is 1. The highest BCUT2D eigenvalue weighted by Crippen LogP contribution is 2.17. The van der Waals surface area contributed by atoms with Crippen LogP contribution >= 0.6 is 33.9 Å². The molecule has 1 aliphatic rings. The lowest BCUT2D eigenvalue weighted by atomic mass is 9.99. The molecular weight excluding hydrogens is 359 g/mol. The Hall–Kier alpha value is -0.140. The van der Waals surface area contributed by atoms with E-state index in [9.17, 15) is 4.79 Å². The Balaban J connectivity index is 1.67. The normalized spacial score (nSPS) is 17.9. The number of hydrogen-bond donors (Lipinski definition) is 1. The molecule has 2 rings (SSSR count). The van der Waals surface area contributed by atoms with E-state index in [1.807, 2.05) is 11.4 Å². The van der Waals surface area contributed by atoms with Crippen LogP contribution in [0.2, 0.25) is 0 Å².